The van der Waals surface area contributed by atoms with Crippen LogP contribution in [-0.4, -0.2) is 19.4 Å². The minimum absolute atomic E-state index is 0.153. The number of hydrogen-bond acceptors (Lipinski definition) is 3. The third-order valence-corrected chi connectivity index (χ3v) is 1.90. The number of allylic oxidation sites excluding steroid dienone is 1. The fraction of sp³-hybridized carbons (Fsp3) is 0.667. The zero-order valence-corrected chi connectivity index (χ0v) is 7.50. The van der Waals surface area contributed by atoms with Crippen LogP contribution in [0, 0.1) is 5.92 Å². The molecule has 3 nitrogen and oxygen atoms in total. The lowest BCUT2D eigenvalue weighted by Crippen LogP contribution is -2.18. The molecule has 3 heteroatoms. The Labute approximate surface area is 72.4 Å². The monoisotopic (exact) mass is 170 g/mol. The lowest BCUT2D eigenvalue weighted by Gasteiger charge is -2.14. The summed E-state index contributed by atoms with van der Waals surface area (Å²) in [4.78, 5) is 10.9. The zero-order chi connectivity index (χ0) is 9.14. The van der Waals surface area contributed by atoms with Crippen LogP contribution in [0.15, 0.2) is 12.2 Å². The van der Waals surface area contributed by atoms with Gasteiger partial charge >= 0.3 is 5.97 Å². The second kappa shape index (κ2) is 3.72. The molecule has 1 aliphatic heterocycles. The Hall–Kier alpha value is -0.830. The van der Waals surface area contributed by atoms with E-state index in [0.717, 1.165) is 12.0 Å². The molecule has 0 aromatic rings. The van der Waals surface area contributed by atoms with Crippen molar-refractivity contribution in [3.8, 4) is 0 Å². The molecule has 1 aliphatic rings. The Balaban J connectivity index is 2.51. The molecule has 1 rings (SSSR count). The van der Waals surface area contributed by atoms with Crippen molar-refractivity contribution in [2.75, 3.05) is 7.11 Å². The van der Waals surface area contributed by atoms with Crippen LogP contribution in [0.25, 0.3) is 0 Å². The van der Waals surface area contributed by atoms with Crippen LogP contribution < -0.4 is 0 Å². The summed E-state index contributed by atoms with van der Waals surface area (Å²) in [5.74, 6) is -0.0203. The molecule has 1 fully saturated rings. The number of rotatable bonds is 3. The van der Waals surface area contributed by atoms with Crippen molar-refractivity contribution in [3.63, 3.8) is 0 Å². The summed E-state index contributed by atoms with van der Waals surface area (Å²) < 4.78 is 9.93. The first kappa shape index (κ1) is 9.26. The van der Waals surface area contributed by atoms with E-state index in [1.54, 1.807) is 7.11 Å². The quantitative estimate of drug-likeness (QED) is 0.475. The third kappa shape index (κ3) is 2.08. The lowest BCUT2D eigenvalue weighted by molar-refractivity contribution is -0.161. The molecule has 2 unspecified atom stereocenters. The number of cyclic esters (lactones) is 1. The summed E-state index contributed by atoms with van der Waals surface area (Å²) in [6.07, 6.45) is 0.879. The van der Waals surface area contributed by atoms with Gasteiger partial charge < -0.3 is 9.47 Å². The van der Waals surface area contributed by atoms with Crippen LogP contribution in [-0.2, 0) is 14.3 Å². The first-order valence-corrected chi connectivity index (χ1v) is 4.00. The van der Waals surface area contributed by atoms with E-state index < -0.39 is 0 Å². The van der Waals surface area contributed by atoms with E-state index in [2.05, 4.69) is 6.58 Å². The second-order valence-electron chi connectivity index (χ2n) is 3.22. The predicted octanol–water partition coefficient (Wildman–Crippen LogP) is 1.49. The van der Waals surface area contributed by atoms with Gasteiger partial charge in [-0.15, -0.1) is 6.58 Å². The van der Waals surface area contributed by atoms with Crippen LogP contribution in [0.2, 0.25) is 0 Å². The Morgan fingerprint density at radius 1 is 1.83 bits per heavy atom. The summed E-state index contributed by atoms with van der Waals surface area (Å²) in [6.45, 7) is 5.73. The molecule has 68 valence electrons. The minimum Gasteiger partial charge on any atom is -0.435 e. The highest BCUT2D eigenvalue weighted by molar-refractivity contribution is 5.71. The van der Waals surface area contributed by atoms with Gasteiger partial charge in [-0.25, -0.2) is 0 Å². The molecular weight excluding hydrogens is 156 g/mol. The van der Waals surface area contributed by atoms with E-state index in [4.69, 9.17) is 9.47 Å². The molecule has 0 aliphatic carbocycles. The Morgan fingerprint density at radius 2 is 2.50 bits per heavy atom. The topological polar surface area (TPSA) is 35.5 Å². The van der Waals surface area contributed by atoms with Crippen LogP contribution in [0.1, 0.15) is 19.8 Å². The largest absolute Gasteiger partial charge is 0.435 e. The second-order valence-corrected chi connectivity index (χ2v) is 3.22. The highest BCUT2D eigenvalue weighted by atomic mass is 16.7. The van der Waals surface area contributed by atoms with E-state index >= 15 is 0 Å². The molecule has 0 amide bonds. The summed E-state index contributed by atoms with van der Waals surface area (Å²) >= 11 is 0. The van der Waals surface area contributed by atoms with E-state index in [0.29, 0.717) is 6.42 Å². The number of carbonyl (C=O) groups excluding carboxylic acids is 1. The average molecular weight is 170 g/mol. The van der Waals surface area contributed by atoms with E-state index in [1.807, 2.05) is 6.92 Å². The number of hydrogen-bond donors (Lipinski definition) is 0. The van der Waals surface area contributed by atoms with Gasteiger partial charge in [0.2, 0.25) is 6.29 Å². The SMILES string of the molecule is C=C(C)CC1CC(=O)OC1OC. The van der Waals surface area contributed by atoms with Gasteiger partial charge in [-0.2, -0.15) is 0 Å². The average Bonchev–Trinajstić information content (AvgIpc) is 2.29. The summed E-state index contributed by atoms with van der Waals surface area (Å²) in [7, 11) is 1.55. The fourth-order valence-corrected chi connectivity index (χ4v) is 1.44. The molecule has 12 heavy (non-hydrogen) atoms. The van der Waals surface area contributed by atoms with Gasteiger partial charge in [0, 0.05) is 13.0 Å². The van der Waals surface area contributed by atoms with E-state index in [-0.39, 0.29) is 18.2 Å². The molecular formula is C9H14O3. The first-order valence-electron chi connectivity index (χ1n) is 4.00. The van der Waals surface area contributed by atoms with Gasteiger partial charge in [0.15, 0.2) is 0 Å². The van der Waals surface area contributed by atoms with E-state index in [9.17, 15) is 4.79 Å². The van der Waals surface area contributed by atoms with Gasteiger partial charge in [0.1, 0.15) is 0 Å². The highest BCUT2D eigenvalue weighted by Crippen LogP contribution is 2.27. The fourth-order valence-electron chi connectivity index (χ4n) is 1.44. The predicted molar refractivity (Wildman–Crippen MR) is 44.4 cm³/mol. The smallest absolute Gasteiger partial charge is 0.308 e. The van der Waals surface area contributed by atoms with Crippen molar-refractivity contribution >= 4 is 5.97 Å². The molecule has 1 saturated heterocycles. The van der Waals surface area contributed by atoms with Crippen molar-refractivity contribution in [2.24, 2.45) is 5.92 Å². The standard InChI is InChI=1S/C9H14O3/c1-6(2)4-7-5-8(10)12-9(7)11-3/h7,9H,1,4-5H2,2-3H3. The first-order chi connectivity index (χ1) is 5.63. The van der Waals surface area contributed by atoms with Crippen molar-refractivity contribution in [3.05, 3.63) is 12.2 Å². The number of carbonyl (C=O) groups is 1. The van der Waals surface area contributed by atoms with Gasteiger partial charge in [-0.1, -0.05) is 5.57 Å². The third-order valence-electron chi connectivity index (χ3n) is 1.90. The Kier molecular flexibility index (Phi) is 2.87. The van der Waals surface area contributed by atoms with Crippen molar-refractivity contribution in [1.82, 2.24) is 0 Å². The van der Waals surface area contributed by atoms with Crippen molar-refractivity contribution < 1.29 is 14.3 Å². The molecule has 0 saturated carbocycles. The van der Waals surface area contributed by atoms with Crippen LogP contribution in [0.5, 0.6) is 0 Å². The van der Waals surface area contributed by atoms with Crippen LogP contribution in [0.4, 0.5) is 0 Å². The number of methoxy groups -OCH3 is 1. The Bertz CT molecular complexity index is 198. The van der Waals surface area contributed by atoms with Crippen molar-refractivity contribution in [2.45, 2.75) is 26.1 Å². The molecule has 0 bridgehead atoms. The molecule has 2 atom stereocenters. The summed E-state index contributed by atoms with van der Waals surface area (Å²) in [5.41, 5.74) is 1.06. The lowest BCUT2D eigenvalue weighted by atomic mass is 9.99. The van der Waals surface area contributed by atoms with Crippen LogP contribution >= 0.6 is 0 Å². The zero-order valence-electron chi connectivity index (χ0n) is 7.50. The summed E-state index contributed by atoms with van der Waals surface area (Å²) in [6, 6.07) is 0. The maximum Gasteiger partial charge on any atom is 0.308 e. The van der Waals surface area contributed by atoms with E-state index in [1.165, 1.54) is 0 Å². The minimum atomic E-state index is -0.366. The maximum absolute atomic E-state index is 10.9. The molecule has 0 N–H and O–H groups in total. The van der Waals surface area contributed by atoms with Crippen molar-refractivity contribution in [1.29, 1.82) is 0 Å². The molecule has 0 aromatic heterocycles. The maximum atomic E-state index is 10.9. The molecule has 0 radical (unpaired) electrons. The van der Waals surface area contributed by atoms with Gasteiger partial charge in [0.05, 0.1) is 6.42 Å². The Morgan fingerprint density at radius 3 is 3.00 bits per heavy atom. The molecule has 1 heterocycles. The van der Waals surface area contributed by atoms with Gasteiger partial charge in [-0.3, -0.25) is 4.79 Å². The molecule has 0 aromatic carbocycles. The molecule has 0 spiro atoms. The summed E-state index contributed by atoms with van der Waals surface area (Å²) in [5, 5.41) is 0. The normalized spacial score (nSPS) is 28.7. The highest BCUT2D eigenvalue weighted by Gasteiger charge is 2.34. The number of esters is 1. The number of ether oxygens (including phenoxy) is 2. The van der Waals surface area contributed by atoms with Crippen LogP contribution in [0.3, 0.4) is 0 Å². The van der Waals surface area contributed by atoms with Gasteiger partial charge in [-0.05, 0) is 13.3 Å². The van der Waals surface area contributed by atoms with Gasteiger partial charge in [0.25, 0.3) is 0 Å².